The Balaban J connectivity index is 2.06. The maximum absolute atomic E-state index is 13.0. The van der Waals surface area contributed by atoms with Gasteiger partial charge in [-0.1, -0.05) is 23.7 Å². The highest BCUT2D eigenvalue weighted by Gasteiger charge is 2.37. The smallest absolute Gasteiger partial charge is 0.344 e. The maximum atomic E-state index is 13.0. The Morgan fingerprint density at radius 2 is 1.84 bits per heavy atom. The van der Waals surface area contributed by atoms with Crippen molar-refractivity contribution < 1.29 is 33.8 Å². The number of barbiturate groups is 1. The number of methoxy groups -OCH3 is 1. The van der Waals surface area contributed by atoms with Crippen molar-refractivity contribution in [3.05, 3.63) is 58.6 Å². The fraction of sp³-hybridized carbons (Fsp3) is 0.143. The number of carbonyl (C=O) groups excluding carboxylic acids is 3. The van der Waals surface area contributed by atoms with Crippen LogP contribution in [0.15, 0.2) is 48.0 Å². The van der Waals surface area contributed by atoms with Crippen LogP contribution in [0.25, 0.3) is 6.08 Å². The highest BCUT2D eigenvalue weighted by Crippen LogP contribution is 2.34. The molecule has 1 heterocycles. The monoisotopic (exact) mass is 444 g/mol. The van der Waals surface area contributed by atoms with E-state index in [-0.39, 0.29) is 28.3 Å². The number of nitrogens with one attached hydrogen (secondary N) is 1. The quantitative estimate of drug-likeness (QED) is 0.518. The number of aliphatic carboxylic acids is 1. The van der Waals surface area contributed by atoms with Gasteiger partial charge in [0.15, 0.2) is 17.6 Å². The summed E-state index contributed by atoms with van der Waals surface area (Å²) in [6.45, 7) is 1.32. The molecule has 2 N–H and O–H groups in total. The molecule has 31 heavy (non-hydrogen) atoms. The summed E-state index contributed by atoms with van der Waals surface area (Å²) in [6, 6.07) is 9.65. The number of rotatable bonds is 6. The van der Waals surface area contributed by atoms with E-state index in [0.717, 1.165) is 4.90 Å². The number of carbonyl (C=O) groups is 4. The van der Waals surface area contributed by atoms with Crippen LogP contribution in [0.3, 0.4) is 0 Å². The molecule has 1 fully saturated rings. The molecule has 1 aliphatic heterocycles. The van der Waals surface area contributed by atoms with E-state index in [4.69, 9.17) is 26.2 Å². The van der Waals surface area contributed by atoms with E-state index in [1.807, 2.05) is 0 Å². The lowest BCUT2D eigenvalue weighted by Gasteiger charge is -2.26. The van der Waals surface area contributed by atoms with Crippen molar-refractivity contribution in [2.24, 2.45) is 0 Å². The lowest BCUT2D eigenvalue weighted by molar-refractivity contribution is -0.144. The Morgan fingerprint density at radius 3 is 2.45 bits per heavy atom. The molecule has 4 amide bonds. The van der Waals surface area contributed by atoms with Gasteiger partial charge in [0, 0.05) is 10.6 Å². The van der Waals surface area contributed by atoms with Crippen molar-refractivity contribution in [2.45, 2.75) is 13.0 Å². The van der Waals surface area contributed by atoms with Crippen molar-refractivity contribution in [3.63, 3.8) is 0 Å². The minimum atomic E-state index is -1.23. The van der Waals surface area contributed by atoms with Gasteiger partial charge in [0.25, 0.3) is 11.8 Å². The third-order valence-corrected chi connectivity index (χ3v) is 4.61. The summed E-state index contributed by atoms with van der Waals surface area (Å²) in [6.07, 6.45) is -0.0177. The van der Waals surface area contributed by atoms with Crippen LogP contribution >= 0.6 is 11.6 Å². The van der Waals surface area contributed by atoms with E-state index < -0.39 is 29.9 Å². The van der Waals surface area contributed by atoms with E-state index >= 15 is 0 Å². The molecule has 2 aromatic carbocycles. The molecule has 0 aliphatic carbocycles. The van der Waals surface area contributed by atoms with Gasteiger partial charge in [0.05, 0.1) is 12.8 Å². The van der Waals surface area contributed by atoms with E-state index in [1.165, 1.54) is 56.5 Å². The van der Waals surface area contributed by atoms with Crippen LogP contribution < -0.4 is 19.7 Å². The number of carboxylic acid groups (broad SMARTS) is 1. The van der Waals surface area contributed by atoms with Gasteiger partial charge in [0.1, 0.15) is 5.57 Å². The summed E-state index contributed by atoms with van der Waals surface area (Å²) in [4.78, 5) is 49.7. The summed E-state index contributed by atoms with van der Waals surface area (Å²) >= 11 is 5.86. The summed E-state index contributed by atoms with van der Waals surface area (Å²) in [7, 11) is 1.37. The number of imide groups is 2. The Labute approximate surface area is 181 Å². The van der Waals surface area contributed by atoms with E-state index in [2.05, 4.69) is 5.32 Å². The molecule has 0 radical (unpaired) electrons. The van der Waals surface area contributed by atoms with E-state index in [1.54, 1.807) is 6.07 Å². The zero-order valence-corrected chi connectivity index (χ0v) is 17.2. The standard InChI is InChI=1S/C21H17ClN2O7/c1-11(20(27)28)31-17-12(4-3-5-16(17)30-2)10-15-18(25)23-21(29)24(19(15)26)14-8-6-13(22)7-9-14/h3-11H,1-2H3,(H,27,28)(H,23,25,29)/b15-10+/t11-/m1/s1. The highest BCUT2D eigenvalue weighted by molar-refractivity contribution is 6.39. The summed E-state index contributed by atoms with van der Waals surface area (Å²) in [5, 5.41) is 11.7. The molecular formula is C21H17ClN2O7. The number of carboxylic acids is 1. The minimum Gasteiger partial charge on any atom is -0.493 e. The Kier molecular flexibility index (Phi) is 6.26. The zero-order chi connectivity index (χ0) is 22.7. The van der Waals surface area contributed by atoms with Crippen LogP contribution in [-0.4, -0.2) is 42.1 Å². The Hall–Kier alpha value is -3.85. The minimum absolute atomic E-state index is 0.0305. The summed E-state index contributed by atoms with van der Waals surface area (Å²) in [5.41, 5.74) is 0.0823. The third kappa shape index (κ3) is 4.51. The van der Waals surface area contributed by atoms with Gasteiger partial charge in [-0.25, -0.2) is 14.5 Å². The van der Waals surface area contributed by atoms with Crippen LogP contribution in [0.4, 0.5) is 10.5 Å². The summed E-state index contributed by atoms with van der Waals surface area (Å²) < 4.78 is 10.7. The topological polar surface area (TPSA) is 122 Å². The van der Waals surface area contributed by atoms with Gasteiger partial charge < -0.3 is 14.6 Å². The van der Waals surface area contributed by atoms with Gasteiger partial charge in [-0.15, -0.1) is 0 Å². The second kappa shape index (κ2) is 8.88. The van der Waals surface area contributed by atoms with Crippen LogP contribution in [0, 0.1) is 0 Å². The number of para-hydroxylation sites is 1. The van der Waals surface area contributed by atoms with E-state index in [0.29, 0.717) is 5.02 Å². The number of hydrogen-bond donors (Lipinski definition) is 2. The predicted octanol–water partition coefficient (Wildman–Crippen LogP) is 2.87. The first kappa shape index (κ1) is 21.8. The van der Waals surface area contributed by atoms with Gasteiger partial charge in [-0.3, -0.25) is 14.9 Å². The van der Waals surface area contributed by atoms with Gasteiger partial charge in [-0.2, -0.15) is 0 Å². The number of ether oxygens (including phenoxy) is 2. The van der Waals surface area contributed by atoms with Crippen LogP contribution in [0.1, 0.15) is 12.5 Å². The second-order valence-corrected chi connectivity index (χ2v) is 6.85. The van der Waals surface area contributed by atoms with Gasteiger partial charge in [0.2, 0.25) is 0 Å². The highest BCUT2D eigenvalue weighted by atomic mass is 35.5. The zero-order valence-electron chi connectivity index (χ0n) is 16.4. The molecule has 0 saturated carbocycles. The Morgan fingerprint density at radius 1 is 1.16 bits per heavy atom. The average molecular weight is 445 g/mol. The molecule has 2 aromatic rings. The molecule has 0 bridgehead atoms. The fourth-order valence-electron chi connectivity index (χ4n) is 2.80. The van der Waals surface area contributed by atoms with Gasteiger partial charge >= 0.3 is 12.0 Å². The fourth-order valence-corrected chi connectivity index (χ4v) is 2.92. The molecule has 0 unspecified atom stereocenters. The first-order valence-electron chi connectivity index (χ1n) is 8.96. The number of halogens is 1. The van der Waals surface area contributed by atoms with Crippen molar-refractivity contribution in [1.29, 1.82) is 0 Å². The number of anilines is 1. The number of urea groups is 1. The lowest BCUT2D eigenvalue weighted by atomic mass is 10.1. The predicted molar refractivity (Wildman–Crippen MR) is 111 cm³/mol. The number of hydrogen-bond acceptors (Lipinski definition) is 6. The van der Waals surface area contributed by atoms with E-state index in [9.17, 15) is 19.2 Å². The molecule has 1 atom stereocenters. The SMILES string of the molecule is COc1cccc(/C=C2\C(=O)NC(=O)N(c3ccc(Cl)cc3)C2=O)c1O[C@H](C)C(=O)O. The molecule has 10 heteroatoms. The maximum Gasteiger partial charge on any atom is 0.344 e. The second-order valence-electron chi connectivity index (χ2n) is 6.41. The van der Waals surface area contributed by atoms with Crippen molar-refractivity contribution in [2.75, 3.05) is 12.0 Å². The van der Waals surface area contributed by atoms with Crippen molar-refractivity contribution in [3.8, 4) is 11.5 Å². The molecule has 0 spiro atoms. The largest absolute Gasteiger partial charge is 0.493 e. The van der Waals surface area contributed by atoms with Crippen molar-refractivity contribution >= 4 is 47.2 Å². The molecule has 9 nitrogen and oxygen atoms in total. The molecular weight excluding hydrogens is 428 g/mol. The lowest BCUT2D eigenvalue weighted by Crippen LogP contribution is -2.54. The van der Waals surface area contributed by atoms with Crippen molar-refractivity contribution in [1.82, 2.24) is 5.32 Å². The average Bonchev–Trinajstić information content (AvgIpc) is 2.73. The first-order chi connectivity index (χ1) is 14.7. The first-order valence-corrected chi connectivity index (χ1v) is 9.34. The molecule has 160 valence electrons. The normalized spacial score (nSPS) is 16.2. The van der Waals surface area contributed by atoms with Crippen LogP contribution in [0.5, 0.6) is 11.5 Å². The van der Waals surface area contributed by atoms with Crippen LogP contribution in [0.2, 0.25) is 5.02 Å². The number of amides is 4. The molecule has 1 aliphatic rings. The van der Waals surface area contributed by atoms with Crippen LogP contribution in [-0.2, 0) is 14.4 Å². The molecule has 3 rings (SSSR count). The third-order valence-electron chi connectivity index (χ3n) is 4.36. The summed E-state index contributed by atoms with van der Waals surface area (Å²) in [5.74, 6) is -2.74. The molecule has 0 aromatic heterocycles. The number of benzene rings is 2. The van der Waals surface area contributed by atoms with Gasteiger partial charge in [-0.05, 0) is 43.3 Å². The number of nitrogens with zero attached hydrogens (tertiary/aromatic N) is 1. The Bertz CT molecular complexity index is 1100. The molecule has 1 saturated heterocycles.